The fourth-order valence-corrected chi connectivity index (χ4v) is 8.38. The third kappa shape index (κ3) is 3.76. The van der Waals surface area contributed by atoms with Gasteiger partial charge in [0.05, 0.1) is 28.5 Å². The van der Waals surface area contributed by atoms with Crippen LogP contribution in [0.25, 0.3) is 11.1 Å². The number of fused-ring (bicyclic) bond motifs is 3. The van der Waals surface area contributed by atoms with Crippen molar-refractivity contribution in [3.8, 4) is 16.9 Å². The molecule has 0 saturated carbocycles. The van der Waals surface area contributed by atoms with E-state index in [1.54, 1.807) is 20.7 Å². The number of amides is 1. The highest BCUT2D eigenvalue weighted by Gasteiger charge is 2.43. The van der Waals surface area contributed by atoms with E-state index in [0.29, 0.717) is 12.4 Å². The smallest absolute Gasteiger partial charge is 0.238 e. The Morgan fingerprint density at radius 2 is 2.10 bits per heavy atom. The molecule has 1 aromatic carbocycles. The maximum Gasteiger partial charge on any atom is 0.238 e. The summed E-state index contributed by atoms with van der Waals surface area (Å²) in [5.74, 6) is 1.12. The molecule has 0 bridgehead atoms. The zero-order valence-corrected chi connectivity index (χ0v) is 20.4. The Hall–Kier alpha value is -1.33. The van der Waals surface area contributed by atoms with Crippen LogP contribution in [0.3, 0.4) is 0 Å². The van der Waals surface area contributed by atoms with Gasteiger partial charge in [-0.1, -0.05) is 56.0 Å². The largest absolute Gasteiger partial charge is 0.494 e. The normalized spacial score (nSPS) is 14.4. The Morgan fingerprint density at radius 3 is 2.79 bits per heavy atom. The van der Waals surface area contributed by atoms with Crippen molar-refractivity contribution in [2.24, 2.45) is 0 Å². The number of hydrogen-bond donors (Lipinski definition) is 0. The van der Waals surface area contributed by atoms with E-state index in [0.717, 1.165) is 40.6 Å². The molecule has 0 unspecified atom stereocenters. The SMILES string of the molecule is CCOc1ccc2c(c1)-c1c(ssc1=S)C(C)(C)N2C(=O)CSc1nnc(C)s1. The van der Waals surface area contributed by atoms with Gasteiger partial charge in [0.1, 0.15) is 14.6 Å². The zero-order chi connectivity index (χ0) is 20.8. The predicted molar refractivity (Wildman–Crippen MR) is 126 cm³/mol. The number of carbonyl (C=O) groups excluding carboxylic acids is 1. The van der Waals surface area contributed by atoms with Crippen molar-refractivity contribution in [3.05, 3.63) is 31.9 Å². The molecule has 1 amide bonds. The van der Waals surface area contributed by atoms with E-state index in [1.807, 2.05) is 36.9 Å². The zero-order valence-electron chi connectivity index (χ0n) is 16.3. The maximum atomic E-state index is 13.4. The minimum Gasteiger partial charge on any atom is -0.494 e. The Balaban J connectivity index is 1.76. The van der Waals surface area contributed by atoms with Crippen molar-refractivity contribution in [2.45, 2.75) is 37.6 Å². The molecule has 3 heterocycles. The molecule has 0 atom stereocenters. The summed E-state index contributed by atoms with van der Waals surface area (Å²) < 4.78 is 7.38. The molecule has 29 heavy (non-hydrogen) atoms. The Labute approximate surface area is 190 Å². The fraction of sp³-hybridized carbons (Fsp3) is 0.368. The van der Waals surface area contributed by atoms with Crippen molar-refractivity contribution in [3.63, 3.8) is 0 Å². The summed E-state index contributed by atoms with van der Waals surface area (Å²) in [4.78, 5) is 16.4. The maximum absolute atomic E-state index is 13.4. The summed E-state index contributed by atoms with van der Waals surface area (Å²) in [6.45, 7) is 8.63. The molecule has 4 rings (SSSR count). The van der Waals surface area contributed by atoms with Crippen LogP contribution in [-0.2, 0) is 10.3 Å². The molecule has 0 N–H and O–H groups in total. The lowest BCUT2D eigenvalue weighted by Crippen LogP contribution is -2.48. The molecule has 3 aromatic rings. The van der Waals surface area contributed by atoms with Gasteiger partial charge < -0.3 is 9.64 Å². The highest BCUT2D eigenvalue weighted by Crippen LogP contribution is 2.53. The number of anilines is 1. The lowest BCUT2D eigenvalue weighted by molar-refractivity contribution is -0.117. The highest BCUT2D eigenvalue weighted by atomic mass is 32.9. The third-order valence-electron chi connectivity index (χ3n) is 4.61. The van der Waals surface area contributed by atoms with E-state index in [4.69, 9.17) is 17.0 Å². The van der Waals surface area contributed by atoms with Crippen LogP contribution in [0, 0.1) is 10.7 Å². The second kappa shape index (κ2) is 8.07. The van der Waals surface area contributed by atoms with Crippen LogP contribution in [0.1, 0.15) is 30.7 Å². The Morgan fingerprint density at radius 1 is 1.31 bits per heavy atom. The molecule has 10 heteroatoms. The van der Waals surface area contributed by atoms with Gasteiger partial charge in [0.25, 0.3) is 0 Å². The molecule has 0 fully saturated rings. The molecule has 0 saturated heterocycles. The van der Waals surface area contributed by atoms with Gasteiger partial charge in [-0.15, -0.1) is 10.2 Å². The number of benzene rings is 1. The molecule has 152 valence electrons. The Bertz CT molecular complexity index is 1130. The van der Waals surface area contributed by atoms with E-state index < -0.39 is 5.54 Å². The molecule has 2 aromatic heterocycles. The van der Waals surface area contributed by atoms with Gasteiger partial charge in [0, 0.05) is 11.1 Å². The number of nitrogens with zero attached hydrogens (tertiary/aromatic N) is 3. The van der Waals surface area contributed by atoms with Crippen LogP contribution in [0.4, 0.5) is 5.69 Å². The summed E-state index contributed by atoms with van der Waals surface area (Å²) in [6.07, 6.45) is 0. The monoisotopic (exact) mass is 481 g/mol. The van der Waals surface area contributed by atoms with Gasteiger partial charge in [-0.2, -0.15) is 0 Å². The minimum atomic E-state index is -0.484. The van der Waals surface area contributed by atoms with E-state index in [2.05, 4.69) is 24.0 Å². The van der Waals surface area contributed by atoms with Crippen molar-refractivity contribution >= 4 is 67.6 Å². The topological polar surface area (TPSA) is 55.3 Å². The number of thioether (sulfide) groups is 1. The number of rotatable bonds is 5. The molecule has 0 aliphatic carbocycles. The van der Waals surface area contributed by atoms with Crippen LogP contribution in [0.15, 0.2) is 22.5 Å². The van der Waals surface area contributed by atoms with E-state index in [1.165, 1.54) is 23.1 Å². The average molecular weight is 482 g/mol. The van der Waals surface area contributed by atoms with Crippen molar-refractivity contribution in [1.82, 2.24) is 10.2 Å². The molecule has 1 aliphatic rings. The van der Waals surface area contributed by atoms with Crippen LogP contribution in [0.2, 0.25) is 0 Å². The summed E-state index contributed by atoms with van der Waals surface area (Å²) in [5.41, 5.74) is 2.43. The van der Waals surface area contributed by atoms with Gasteiger partial charge in [-0.25, -0.2) is 0 Å². The molecule has 0 spiro atoms. The Kier molecular flexibility index (Phi) is 5.82. The van der Waals surface area contributed by atoms with Crippen molar-refractivity contribution in [1.29, 1.82) is 0 Å². The van der Waals surface area contributed by atoms with Gasteiger partial charge in [-0.3, -0.25) is 4.79 Å². The number of carbonyl (C=O) groups is 1. The van der Waals surface area contributed by atoms with Crippen molar-refractivity contribution in [2.75, 3.05) is 17.3 Å². The van der Waals surface area contributed by atoms with Crippen LogP contribution in [0.5, 0.6) is 5.75 Å². The summed E-state index contributed by atoms with van der Waals surface area (Å²) in [5, 5.41) is 9.05. The molecule has 1 aliphatic heterocycles. The molecular weight excluding hydrogens is 463 g/mol. The summed E-state index contributed by atoms with van der Waals surface area (Å²) in [7, 11) is 3.24. The first-order chi connectivity index (χ1) is 13.8. The first-order valence-electron chi connectivity index (χ1n) is 8.99. The first-order valence-corrected chi connectivity index (χ1v) is 13.4. The quantitative estimate of drug-likeness (QED) is 0.248. The fourth-order valence-electron chi connectivity index (χ4n) is 3.44. The average Bonchev–Trinajstić information content (AvgIpc) is 3.27. The van der Waals surface area contributed by atoms with Gasteiger partial charge >= 0.3 is 0 Å². The second-order valence-corrected chi connectivity index (χ2v) is 12.2. The molecular formula is C19H19N3O2S5. The lowest BCUT2D eigenvalue weighted by Gasteiger charge is -2.43. The van der Waals surface area contributed by atoms with E-state index in [9.17, 15) is 4.79 Å². The highest BCUT2D eigenvalue weighted by molar-refractivity contribution is 8.01. The van der Waals surface area contributed by atoms with E-state index >= 15 is 0 Å². The standard InChI is InChI=1S/C19H19N3O2S5/c1-5-24-11-6-7-13-12(8-11)15-16(28-29-17(15)25)19(3,4)22(13)14(23)9-26-18-21-20-10(2)27-18/h6-8H,5,9H2,1-4H3. The van der Waals surface area contributed by atoms with Crippen LogP contribution >= 0.6 is 56.0 Å². The predicted octanol–water partition coefficient (Wildman–Crippen LogP) is 6.14. The van der Waals surface area contributed by atoms with Gasteiger partial charge in [0.2, 0.25) is 5.91 Å². The summed E-state index contributed by atoms with van der Waals surface area (Å²) in [6, 6.07) is 5.90. The van der Waals surface area contributed by atoms with Crippen LogP contribution in [-0.4, -0.2) is 28.5 Å². The summed E-state index contributed by atoms with van der Waals surface area (Å²) >= 11 is 8.58. The van der Waals surface area contributed by atoms with Gasteiger partial charge in [0.15, 0.2) is 4.34 Å². The number of aryl methyl sites for hydroxylation is 1. The molecule has 5 nitrogen and oxygen atoms in total. The second-order valence-electron chi connectivity index (χ2n) is 6.93. The number of aromatic nitrogens is 2. The van der Waals surface area contributed by atoms with Gasteiger partial charge in [-0.05, 0) is 45.9 Å². The lowest BCUT2D eigenvalue weighted by atomic mass is 9.87. The van der Waals surface area contributed by atoms with Crippen molar-refractivity contribution < 1.29 is 9.53 Å². The van der Waals surface area contributed by atoms with E-state index in [-0.39, 0.29) is 5.91 Å². The number of hydrogen-bond acceptors (Lipinski definition) is 9. The number of ether oxygens (including phenoxy) is 1. The molecule has 0 radical (unpaired) electrons. The van der Waals surface area contributed by atoms with Crippen LogP contribution < -0.4 is 9.64 Å². The minimum absolute atomic E-state index is 0.0354. The third-order valence-corrected chi connectivity index (χ3v) is 9.90. The first kappa shape index (κ1) is 20.9.